The number of nitrogens with zero attached hydrogens (tertiary/aromatic N) is 2. The van der Waals surface area contributed by atoms with Crippen molar-refractivity contribution in [2.75, 3.05) is 14.2 Å². The van der Waals surface area contributed by atoms with E-state index in [0.717, 1.165) is 5.56 Å². The molecule has 1 N–H and O–H groups in total. The van der Waals surface area contributed by atoms with Crippen molar-refractivity contribution >= 4 is 5.91 Å². The van der Waals surface area contributed by atoms with E-state index in [2.05, 4.69) is 15.5 Å². The lowest BCUT2D eigenvalue weighted by Gasteiger charge is -2.18. The SMILES string of the molecule is COc1cccc(OC)c1C(=O)NC(c1ccccc1)c1nnc(C)o1. The van der Waals surface area contributed by atoms with Gasteiger partial charge in [-0.3, -0.25) is 4.79 Å². The molecule has 0 bridgehead atoms. The van der Waals surface area contributed by atoms with Gasteiger partial charge in [0.25, 0.3) is 5.91 Å². The highest BCUT2D eigenvalue weighted by atomic mass is 16.5. The van der Waals surface area contributed by atoms with Crippen LogP contribution in [0.5, 0.6) is 11.5 Å². The fourth-order valence-electron chi connectivity index (χ4n) is 2.64. The number of rotatable bonds is 6. The van der Waals surface area contributed by atoms with Crippen LogP contribution in [-0.2, 0) is 0 Å². The molecule has 7 heteroatoms. The largest absolute Gasteiger partial charge is 0.496 e. The average Bonchev–Trinajstić information content (AvgIpc) is 3.11. The molecular weight excluding hydrogens is 334 g/mol. The fourth-order valence-corrected chi connectivity index (χ4v) is 2.64. The quantitative estimate of drug-likeness (QED) is 0.733. The van der Waals surface area contributed by atoms with Crippen LogP contribution in [0.1, 0.15) is 33.7 Å². The lowest BCUT2D eigenvalue weighted by atomic mass is 10.1. The van der Waals surface area contributed by atoms with Crippen molar-refractivity contribution in [3.8, 4) is 11.5 Å². The zero-order valence-corrected chi connectivity index (χ0v) is 14.7. The van der Waals surface area contributed by atoms with Crippen molar-refractivity contribution in [1.82, 2.24) is 15.5 Å². The van der Waals surface area contributed by atoms with E-state index in [0.29, 0.717) is 28.8 Å². The van der Waals surface area contributed by atoms with Gasteiger partial charge >= 0.3 is 0 Å². The van der Waals surface area contributed by atoms with Gasteiger partial charge in [0.05, 0.1) is 14.2 Å². The molecule has 3 rings (SSSR count). The predicted molar refractivity (Wildman–Crippen MR) is 94.3 cm³/mol. The molecule has 0 radical (unpaired) electrons. The topological polar surface area (TPSA) is 86.5 Å². The van der Waals surface area contributed by atoms with Gasteiger partial charge in [-0.25, -0.2) is 0 Å². The number of hydrogen-bond acceptors (Lipinski definition) is 6. The highest BCUT2D eigenvalue weighted by Crippen LogP contribution is 2.30. The van der Waals surface area contributed by atoms with E-state index in [4.69, 9.17) is 13.9 Å². The molecule has 2 aromatic carbocycles. The van der Waals surface area contributed by atoms with Crippen molar-refractivity contribution in [2.45, 2.75) is 13.0 Å². The Morgan fingerprint density at radius 3 is 2.19 bits per heavy atom. The first-order valence-corrected chi connectivity index (χ1v) is 8.01. The van der Waals surface area contributed by atoms with Gasteiger partial charge in [-0.05, 0) is 17.7 Å². The summed E-state index contributed by atoms with van der Waals surface area (Å²) in [4.78, 5) is 13.0. The van der Waals surface area contributed by atoms with Crippen molar-refractivity contribution in [3.05, 3.63) is 71.4 Å². The molecule has 1 aromatic heterocycles. The molecule has 1 unspecified atom stereocenters. The Morgan fingerprint density at radius 2 is 1.65 bits per heavy atom. The summed E-state index contributed by atoms with van der Waals surface area (Å²) in [5.41, 5.74) is 1.12. The third-order valence-electron chi connectivity index (χ3n) is 3.85. The lowest BCUT2D eigenvalue weighted by molar-refractivity contribution is 0.0931. The summed E-state index contributed by atoms with van der Waals surface area (Å²) in [6, 6.07) is 14.0. The maximum absolute atomic E-state index is 13.0. The van der Waals surface area contributed by atoms with Crippen LogP contribution < -0.4 is 14.8 Å². The number of aryl methyl sites for hydroxylation is 1. The van der Waals surface area contributed by atoms with Crippen LogP contribution in [0.25, 0.3) is 0 Å². The van der Waals surface area contributed by atoms with Crippen LogP contribution in [0, 0.1) is 6.92 Å². The summed E-state index contributed by atoms with van der Waals surface area (Å²) in [6.45, 7) is 1.70. The Hall–Kier alpha value is -3.35. The van der Waals surface area contributed by atoms with E-state index in [-0.39, 0.29) is 5.91 Å². The molecule has 0 aliphatic carbocycles. The number of benzene rings is 2. The standard InChI is InChI=1S/C19H19N3O4/c1-12-21-22-19(26-12)17(13-8-5-4-6-9-13)20-18(23)16-14(24-2)10-7-11-15(16)25-3/h4-11,17H,1-3H3,(H,20,23). The van der Waals surface area contributed by atoms with Gasteiger partial charge in [0.2, 0.25) is 11.8 Å². The molecule has 0 saturated heterocycles. The summed E-state index contributed by atoms with van der Waals surface area (Å²) >= 11 is 0. The molecule has 0 aliphatic rings. The van der Waals surface area contributed by atoms with Gasteiger partial charge in [0, 0.05) is 6.92 Å². The molecule has 0 saturated carbocycles. The minimum absolute atomic E-state index is 0.301. The van der Waals surface area contributed by atoms with Crippen LogP contribution in [0.2, 0.25) is 0 Å². The number of methoxy groups -OCH3 is 2. The van der Waals surface area contributed by atoms with Crippen LogP contribution in [-0.4, -0.2) is 30.3 Å². The van der Waals surface area contributed by atoms with Crippen LogP contribution >= 0.6 is 0 Å². The van der Waals surface area contributed by atoms with Crippen LogP contribution in [0.3, 0.4) is 0 Å². The van der Waals surface area contributed by atoms with Gasteiger partial charge in [-0.15, -0.1) is 10.2 Å². The summed E-state index contributed by atoms with van der Waals surface area (Å²) in [5.74, 6) is 1.18. The second-order valence-electron chi connectivity index (χ2n) is 5.51. The summed E-state index contributed by atoms with van der Waals surface area (Å²) < 4.78 is 16.2. The van der Waals surface area contributed by atoms with Crippen molar-refractivity contribution < 1.29 is 18.7 Å². The fraction of sp³-hybridized carbons (Fsp3) is 0.211. The third kappa shape index (κ3) is 3.51. The molecule has 0 fully saturated rings. The Bertz CT molecular complexity index is 871. The number of amides is 1. The zero-order valence-electron chi connectivity index (χ0n) is 14.7. The van der Waals surface area contributed by atoms with E-state index >= 15 is 0 Å². The molecule has 1 atom stereocenters. The first kappa shape index (κ1) is 17.5. The summed E-state index contributed by atoms with van der Waals surface area (Å²) in [7, 11) is 3.00. The van der Waals surface area contributed by atoms with Gasteiger partial charge in [-0.1, -0.05) is 36.4 Å². The predicted octanol–water partition coefficient (Wildman–Crippen LogP) is 2.91. The van der Waals surface area contributed by atoms with E-state index in [1.807, 2.05) is 30.3 Å². The zero-order chi connectivity index (χ0) is 18.5. The Balaban J connectivity index is 1.99. The number of carbonyl (C=O) groups is 1. The highest BCUT2D eigenvalue weighted by Gasteiger charge is 2.26. The maximum Gasteiger partial charge on any atom is 0.259 e. The molecule has 3 aromatic rings. The molecule has 0 aliphatic heterocycles. The normalized spacial score (nSPS) is 11.7. The van der Waals surface area contributed by atoms with Crippen molar-refractivity contribution in [1.29, 1.82) is 0 Å². The first-order valence-electron chi connectivity index (χ1n) is 8.01. The maximum atomic E-state index is 13.0. The minimum Gasteiger partial charge on any atom is -0.496 e. The van der Waals surface area contributed by atoms with E-state index in [1.165, 1.54) is 14.2 Å². The number of nitrogens with one attached hydrogen (secondary N) is 1. The monoisotopic (exact) mass is 353 g/mol. The third-order valence-corrected chi connectivity index (χ3v) is 3.85. The molecular formula is C19H19N3O4. The van der Waals surface area contributed by atoms with E-state index in [1.54, 1.807) is 25.1 Å². The van der Waals surface area contributed by atoms with Crippen molar-refractivity contribution in [2.24, 2.45) is 0 Å². The number of ether oxygens (including phenoxy) is 2. The number of carbonyl (C=O) groups excluding carboxylic acids is 1. The Kier molecular flexibility index (Phi) is 5.17. The van der Waals surface area contributed by atoms with E-state index in [9.17, 15) is 4.79 Å². The number of hydrogen-bond donors (Lipinski definition) is 1. The molecule has 1 heterocycles. The van der Waals surface area contributed by atoms with Gasteiger partial charge in [0.1, 0.15) is 23.1 Å². The Morgan fingerprint density at radius 1 is 1.00 bits per heavy atom. The van der Waals surface area contributed by atoms with E-state index < -0.39 is 6.04 Å². The van der Waals surface area contributed by atoms with Gasteiger partial charge in [0.15, 0.2) is 0 Å². The molecule has 134 valence electrons. The van der Waals surface area contributed by atoms with Crippen molar-refractivity contribution in [3.63, 3.8) is 0 Å². The Labute approximate surface area is 151 Å². The summed E-state index contributed by atoms with van der Waals surface area (Å²) in [6.07, 6.45) is 0. The lowest BCUT2D eigenvalue weighted by Crippen LogP contribution is -2.30. The molecule has 1 amide bonds. The second kappa shape index (κ2) is 7.69. The van der Waals surface area contributed by atoms with Gasteiger partial charge in [-0.2, -0.15) is 0 Å². The molecule has 0 spiro atoms. The second-order valence-corrected chi connectivity index (χ2v) is 5.51. The smallest absolute Gasteiger partial charge is 0.259 e. The molecule has 26 heavy (non-hydrogen) atoms. The minimum atomic E-state index is -0.598. The molecule has 7 nitrogen and oxygen atoms in total. The summed E-state index contributed by atoms with van der Waals surface area (Å²) in [5, 5.41) is 10.9. The van der Waals surface area contributed by atoms with Gasteiger partial charge < -0.3 is 19.2 Å². The highest BCUT2D eigenvalue weighted by molar-refractivity contribution is 6.00. The number of aromatic nitrogens is 2. The average molecular weight is 353 g/mol. The van der Waals surface area contributed by atoms with Crippen LogP contribution in [0.4, 0.5) is 0 Å². The first-order chi connectivity index (χ1) is 12.6. The van der Waals surface area contributed by atoms with Crippen LogP contribution in [0.15, 0.2) is 52.9 Å².